The fourth-order valence-electron chi connectivity index (χ4n) is 4.00. The van der Waals surface area contributed by atoms with E-state index in [1.54, 1.807) is 14.2 Å². The van der Waals surface area contributed by atoms with E-state index in [-0.39, 0.29) is 17.9 Å². The van der Waals surface area contributed by atoms with E-state index in [1.807, 2.05) is 23.1 Å². The van der Waals surface area contributed by atoms with Crippen LogP contribution in [0.3, 0.4) is 0 Å². The number of fused-ring (bicyclic) bond motifs is 1. The number of pyridine rings is 1. The first kappa shape index (κ1) is 18.0. The van der Waals surface area contributed by atoms with Crippen molar-refractivity contribution in [2.45, 2.75) is 38.1 Å². The summed E-state index contributed by atoms with van der Waals surface area (Å²) in [6.45, 7) is 0.705. The van der Waals surface area contributed by atoms with Crippen LogP contribution in [0.25, 0.3) is 0 Å². The Morgan fingerprint density at radius 1 is 1.30 bits per heavy atom. The zero-order chi connectivity index (χ0) is 19.0. The van der Waals surface area contributed by atoms with Crippen LogP contribution in [0.5, 0.6) is 5.88 Å². The van der Waals surface area contributed by atoms with Crippen LogP contribution in [0.2, 0.25) is 0 Å². The van der Waals surface area contributed by atoms with Gasteiger partial charge in [-0.05, 0) is 55.9 Å². The lowest BCUT2D eigenvalue weighted by Gasteiger charge is -2.25. The van der Waals surface area contributed by atoms with E-state index in [4.69, 9.17) is 4.74 Å². The summed E-state index contributed by atoms with van der Waals surface area (Å²) < 4.78 is 5.43. The zero-order valence-corrected chi connectivity index (χ0v) is 16.4. The van der Waals surface area contributed by atoms with Crippen molar-refractivity contribution < 1.29 is 14.3 Å². The molecule has 0 radical (unpaired) electrons. The molecule has 2 aromatic heterocycles. The van der Waals surface area contributed by atoms with Gasteiger partial charge in [-0.1, -0.05) is 0 Å². The second-order valence-corrected chi connectivity index (χ2v) is 8.06. The molecule has 1 aliphatic carbocycles. The molecule has 1 saturated heterocycles. The molecule has 6 nitrogen and oxygen atoms in total. The molecule has 2 aliphatic rings. The molecular formula is C20H23N3O3S. The summed E-state index contributed by atoms with van der Waals surface area (Å²) in [7, 11) is 3.19. The second kappa shape index (κ2) is 7.31. The lowest BCUT2D eigenvalue weighted by molar-refractivity contribution is 0.0733. The number of methoxy groups -OCH3 is 1. The van der Waals surface area contributed by atoms with E-state index < -0.39 is 0 Å². The summed E-state index contributed by atoms with van der Waals surface area (Å²) in [5.41, 5.74) is 2.76. The van der Waals surface area contributed by atoms with Crippen molar-refractivity contribution in [3.63, 3.8) is 0 Å². The summed E-state index contributed by atoms with van der Waals surface area (Å²) in [6.07, 6.45) is 4.85. The Kier molecular flexibility index (Phi) is 4.86. The molecule has 1 fully saturated rings. The first-order chi connectivity index (χ1) is 13.1. The van der Waals surface area contributed by atoms with Gasteiger partial charge in [0.05, 0.1) is 18.0 Å². The number of thiophene rings is 1. The molecule has 2 aromatic rings. The van der Waals surface area contributed by atoms with Crippen LogP contribution in [0.1, 0.15) is 61.5 Å². The van der Waals surface area contributed by atoms with Gasteiger partial charge in [0, 0.05) is 24.2 Å². The summed E-state index contributed by atoms with van der Waals surface area (Å²) in [4.78, 5) is 33.4. The highest BCUT2D eigenvalue weighted by atomic mass is 32.1. The molecule has 0 aromatic carbocycles. The maximum Gasteiger partial charge on any atom is 0.261 e. The number of hydrogen-bond acceptors (Lipinski definition) is 5. The molecular weight excluding hydrogens is 362 g/mol. The Bertz CT molecular complexity index is 893. The molecule has 0 bridgehead atoms. The average Bonchev–Trinajstić information content (AvgIpc) is 3.44. The van der Waals surface area contributed by atoms with Gasteiger partial charge >= 0.3 is 0 Å². The normalized spacial score (nSPS) is 18.4. The van der Waals surface area contributed by atoms with Gasteiger partial charge in [0.15, 0.2) is 0 Å². The van der Waals surface area contributed by atoms with Crippen LogP contribution in [-0.4, -0.2) is 42.4 Å². The summed E-state index contributed by atoms with van der Waals surface area (Å²) in [5.74, 6) is 0.293. The third kappa shape index (κ3) is 3.20. The Morgan fingerprint density at radius 3 is 2.93 bits per heavy atom. The van der Waals surface area contributed by atoms with Crippen LogP contribution in [0.15, 0.2) is 18.2 Å². The third-order valence-corrected chi connectivity index (χ3v) is 6.54. The van der Waals surface area contributed by atoms with Crippen LogP contribution in [0.4, 0.5) is 0 Å². The first-order valence-electron chi connectivity index (χ1n) is 9.32. The van der Waals surface area contributed by atoms with Crippen molar-refractivity contribution in [1.29, 1.82) is 0 Å². The Morgan fingerprint density at radius 2 is 2.15 bits per heavy atom. The topological polar surface area (TPSA) is 71.5 Å². The van der Waals surface area contributed by atoms with Gasteiger partial charge in [-0.3, -0.25) is 9.59 Å². The number of carbonyl (C=O) groups is 2. The molecule has 3 heterocycles. The van der Waals surface area contributed by atoms with Gasteiger partial charge in [0.25, 0.3) is 11.8 Å². The molecule has 4 rings (SSSR count). The van der Waals surface area contributed by atoms with Crippen molar-refractivity contribution in [3.8, 4) is 5.88 Å². The minimum atomic E-state index is -0.0911. The average molecular weight is 385 g/mol. The fourth-order valence-corrected chi connectivity index (χ4v) is 5.10. The van der Waals surface area contributed by atoms with E-state index in [0.29, 0.717) is 22.9 Å². The number of ether oxygens (including phenoxy) is 1. The number of likely N-dealkylation sites (tertiary alicyclic amines) is 1. The van der Waals surface area contributed by atoms with Gasteiger partial charge in [-0.15, -0.1) is 11.3 Å². The number of amides is 2. The van der Waals surface area contributed by atoms with E-state index in [2.05, 4.69) is 10.3 Å². The fraction of sp³-hybridized carbons (Fsp3) is 0.450. The highest BCUT2D eigenvalue weighted by Crippen LogP contribution is 2.38. The van der Waals surface area contributed by atoms with E-state index in [0.717, 1.165) is 48.2 Å². The number of aryl methyl sites for hydroxylation is 2. The molecule has 7 heteroatoms. The molecule has 1 atom stereocenters. The number of carbonyl (C=O) groups excluding carboxylic acids is 2. The molecule has 1 unspecified atom stereocenters. The van der Waals surface area contributed by atoms with E-state index in [1.165, 1.54) is 11.3 Å². The minimum absolute atomic E-state index is 0.00105. The summed E-state index contributed by atoms with van der Waals surface area (Å²) >= 11 is 1.46. The van der Waals surface area contributed by atoms with Crippen molar-refractivity contribution in [3.05, 3.63) is 44.8 Å². The van der Waals surface area contributed by atoms with Crippen LogP contribution in [0, 0.1) is 0 Å². The Hall–Kier alpha value is -2.41. The van der Waals surface area contributed by atoms with E-state index >= 15 is 0 Å². The van der Waals surface area contributed by atoms with Crippen molar-refractivity contribution in [2.24, 2.45) is 0 Å². The van der Waals surface area contributed by atoms with Crippen LogP contribution in [-0.2, 0) is 12.8 Å². The number of nitrogens with one attached hydrogen (secondary N) is 1. The van der Waals surface area contributed by atoms with Gasteiger partial charge in [0.1, 0.15) is 5.56 Å². The van der Waals surface area contributed by atoms with Crippen LogP contribution >= 0.6 is 11.3 Å². The maximum atomic E-state index is 13.3. The largest absolute Gasteiger partial charge is 0.480 e. The highest BCUT2D eigenvalue weighted by molar-refractivity contribution is 7.14. The molecule has 1 aliphatic heterocycles. The standard InChI is InChI=1S/C20H23N3O3S/c1-21-18(24)17-9-8-16(27-17)15-7-4-10-23(15)20(25)13-11-12-5-3-6-14(12)22-19(13)26-2/h8-9,11,15H,3-7,10H2,1-2H3,(H,21,24). The minimum Gasteiger partial charge on any atom is -0.480 e. The molecule has 0 saturated carbocycles. The highest BCUT2D eigenvalue weighted by Gasteiger charge is 2.34. The lowest BCUT2D eigenvalue weighted by atomic mass is 10.1. The second-order valence-electron chi connectivity index (χ2n) is 6.94. The number of nitrogens with zero attached hydrogens (tertiary/aromatic N) is 2. The van der Waals surface area contributed by atoms with Crippen molar-refractivity contribution >= 4 is 23.2 Å². The summed E-state index contributed by atoms with van der Waals surface area (Å²) in [6, 6.07) is 5.76. The SMILES string of the molecule is CNC(=O)c1ccc(C2CCCN2C(=O)c2cc3c(nc2OC)CCC3)s1. The predicted molar refractivity (Wildman–Crippen MR) is 104 cm³/mol. The third-order valence-electron chi connectivity index (χ3n) is 5.36. The van der Waals surface area contributed by atoms with Crippen molar-refractivity contribution in [2.75, 3.05) is 20.7 Å². The predicted octanol–water partition coefficient (Wildman–Crippen LogP) is 2.98. The Balaban J connectivity index is 1.63. The van der Waals surface area contributed by atoms with Gasteiger partial charge in [-0.2, -0.15) is 0 Å². The number of aromatic nitrogens is 1. The Labute approximate surface area is 162 Å². The summed E-state index contributed by atoms with van der Waals surface area (Å²) in [5, 5.41) is 2.65. The maximum absolute atomic E-state index is 13.3. The lowest BCUT2D eigenvalue weighted by Crippen LogP contribution is -2.30. The monoisotopic (exact) mass is 385 g/mol. The van der Waals surface area contributed by atoms with Crippen LogP contribution < -0.4 is 10.1 Å². The molecule has 1 N–H and O–H groups in total. The zero-order valence-electron chi connectivity index (χ0n) is 15.6. The molecule has 2 amide bonds. The van der Waals surface area contributed by atoms with Gasteiger partial charge < -0.3 is 15.0 Å². The molecule has 0 spiro atoms. The number of hydrogen-bond donors (Lipinski definition) is 1. The first-order valence-corrected chi connectivity index (χ1v) is 10.1. The quantitative estimate of drug-likeness (QED) is 0.878. The molecule has 27 heavy (non-hydrogen) atoms. The molecule has 142 valence electrons. The van der Waals surface area contributed by atoms with Gasteiger partial charge in [-0.25, -0.2) is 4.98 Å². The van der Waals surface area contributed by atoms with Gasteiger partial charge in [0.2, 0.25) is 5.88 Å². The van der Waals surface area contributed by atoms with Crippen molar-refractivity contribution in [1.82, 2.24) is 15.2 Å². The smallest absolute Gasteiger partial charge is 0.261 e. The van der Waals surface area contributed by atoms with E-state index in [9.17, 15) is 9.59 Å². The number of rotatable bonds is 4.